The topological polar surface area (TPSA) is 21.8 Å². The Balaban J connectivity index is 1.47. The van der Waals surface area contributed by atoms with Crippen LogP contribution in [0.3, 0.4) is 0 Å². The van der Waals surface area contributed by atoms with Crippen molar-refractivity contribution in [2.75, 3.05) is 59.4 Å². The Morgan fingerprint density at radius 1 is 0.882 bits per heavy atom. The van der Waals surface area contributed by atoms with E-state index in [2.05, 4.69) is 27.1 Å². The fourth-order valence-corrected chi connectivity index (χ4v) is 3.44. The summed E-state index contributed by atoms with van der Waals surface area (Å²) in [4.78, 5) is 7.91. The van der Waals surface area contributed by atoms with Crippen molar-refractivity contribution in [3.63, 3.8) is 0 Å². The van der Waals surface area contributed by atoms with Gasteiger partial charge in [0.25, 0.3) is 0 Å². The van der Waals surface area contributed by atoms with Gasteiger partial charge in [-0.05, 0) is 26.4 Å². The second-order valence-corrected chi connectivity index (χ2v) is 5.94. The van der Waals surface area contributed by atoms with Gasteiger partial charge in [-0.1, -0.05) is 0 Å². The first kappa shape index (κ1) is 11.9. The minimum Gasteiger partial charge on any atom is -0.314 e. The number of piperidine rings is 1. The molecule has 3 rings (SSSR count). The Labute approximate surface area is 105 Å². The van der Waals surface area contributed by atoms with Gasteiger partial charge in [0.1, 0.15) is 0 Å². The summed E-state index contributed by atoms with van der Waals surface area (Å²) in [6.07, 6.45) is 2.79. The van der Waals surface area contributed by atoms with Crippen molar-refractivity contribution in [1.82, 2.24) is 20.0 Å². The third-order valence-corrected chi connectivity index (χ3v) is 4.74. The van der Waals surface area contributed by atoms with Gasteiger partial charge in [-0.2, -0.15) is 0 Å². The summed E-state index contributed by atoms with van der Waals surface area (Å²) in [6, 6.07) is 1.67. The second kappa shape index (κ2) is 5.22. The van der Waals surface area contributed by atoms with Crippen molar-refractivity contribution < 1.29 is 0 Å². The Kier molecular flexibility index (Phi) is 3.66. The van der Waals surface area contributed by atoms with Gasteiger partial charge in [0.15, 0.2) is 0 Å². The quantitative estimate of drug-likeness (QED) is 0.711. The summed E-state index contributed by atoms with van der Waals surface area (Å²) < 4.78 is 0. The Morgan fingerprint density at radius 3 is 2.06 bits per heavy atom. The van der Waals surface area contributed by atoms with Crippen molar-refractivity contribution in [2.24, 2.45) is 0 Å². The molecular formula is C13H26N4. The average Bonchev–Trinajstić information content (AvgIpc) is 2.28. The van der Waals surface area contributed by atoms with E-state index in [1.165, 1.54) is 65.2 Å². The molecule has 0 bridgehead atoms. The van der Waals surface area contributed by atoms with Crippen LogP contribution in [0.2, 0.25) is 0 Å². The monoisotopic (exact) mass is 238 g/mol. The lowest BCUT2D eigenvalue weighted by Crippen LogP contribution is -2.63. The number of hydrogen-bond donors (Lipinski definition) is 1. The highest BCUT2D eigenvalue weighted by Gasteiger charge is 2.31. The number of rotatable bonds is 2. The minimum absolute atomic E-state index is 0.829. The van der Waals surface area contributed by atoms with Crippen LogP contribution >= 0.6 is 0 Å². The first-order chi connectivity index (χ1) is 8.33. The van der Waals surface area contributed by atoms with Crippen LogP contribution in [0.25, 0.3) is 0 Å². The second-order valence-electron chi connectivity index (χ2n) is 5.94. The highest BCUT2D eigenvalue weighted by molar-refractivity contribution is 4.89. The Hall–Kier alpha value is -0.160. The van der Waals surface area contributed by atoms with Crippen molar-refractivity contribution in [1.29, 1.82) is 0 Å². The first-order valence-corrected chi connectivity index (χ1v) is 7.20. The van der Waals surface area contributed by atoms with Gasteiger partial charge in [-0.25, -0.2) is 0 Å². The summed E-state index contributed by atoms with van der Waals surface area (Å²) in [7, 11) is 2.27. The zero-order valence-corrected chi connectivity index (χ0v) is 11.1. The molecule has 0 aliphatic carbocycles. The van der Waals surface area contributed by atoms with Crippen LogP contribution in [0.4, 0.5) is 0 Å². The van der Waals surface area contributed by atoms with Crippen LogP contribution in [0.1, 0.15) is 12.8 Å². The van der Waals surface area contributed by atoms with E-state index in [9.17, 15) is 0 Å². The number of piperazine rings is 1. The molecule has 4 heteroatoms. The molecule has 1 N–H and O–H groups in total. The van der Waals surface area contributed by atoms with Gasteiger partial charge in [0.05, 0.1) is 0 Å². The maximum absolute atomic E-state index is 3.38. The number of likely N-dealkylation sites (tertiary alicyclic amines) is 1. The Morgan fingerprint density at radius 2 is 1.53 bits per heavy atom. The van der Waals surface area contributed by atoms with Crippen LogP contribution in [0, 0.1) is 0 Å². The summed E-state index contributed by atoms with van der Waals surface area (Å²) in [5, 5.41) is 3.38. The van der Waals surface area contributed by atoms with Crippen LogP contribution in [-0.2, 0) is 0 Å². The highest BCUT2D eigenvalue weighted by atomic mass is 15.3. The minimum atomic E-state index is 0.829. The van der Waals surface area contributed by atoms with E-state index >= 15 is 0 Å². The van der Waals surface area contributed by atoms with Crippen molar-refractivity contribution in [3.05, 3.63) is 0 Å². The molecule has 3 heterocycles. The molecule has 3 saturated heterocycles. The molecule has 4 nitrogen and oxygen atoms in total. The molecule has 3 aliphatic rings. The molecule has 98 valence electrons. The molecular weight excluding hydrogens is 212 g/mol. The lowest BCUT2D eigenvalue weighted by atomic mass is 10.0. The fourth-order valence-electron chi connectivity index (χ4n) is 3.44. The standard InChI is InChI=1S/C13H26N4/c1-15-4-2-3-12(11-15)16-5-7-17(8-6-16)13-9-14-10-13/h12-14H,2-11H2,1H3. The number of nitrogens with one attached hydrogen (secondary N) is 1. The van der Waals surface area contributed by atoms with Crippen molar-refractivity contribution in [3.8, 4) is 0 Å². The molecule has 17 heavy (non-hydrogen) atoms. The molecule has 1 unspecified atom stereocenters. The summed E-state index contributed by atoms with van der Waals surface area (Å²) in [5.74, 6) is 0. The van der Waals surface area contributed by atoms with Gasteiger partial charge < -0.3 is 10.2 Å². The molecule has 0 aromatic rings. The van der Waals surface area contributed by atoms with Crippen LogP contribution < -0.4 is 5.32 Å². The molecule has 3 fully saturated rings. The average molecular weight is 238 g/mol. The molecule has 0 saturated carbocycles. The van der Waals surface area contributed by atoms with Gasteiger partial charge in [-0.15, -0.1) is 0 Å². The smallest absolute Gasteiger partial charge is 0.0346 e. The van der Waals surface area contributed by atoms with Crippen LogP contribution in [0.15, 0.2) is 0 Å². The lowest BCUT2D eigenvalue weighted by molar-refractivity contribution is 0.0312. The number of nitrogens with zero attached hydrogens (tertiary/aromatic N) is 3. The van der Waals surface area contributed by atoms with E-state index in [0.29, 0.717) is 0 Å². The van der Waals surface area contributed by atoms with E-state index in [-0.39, 0.29) is 0 Å². The molecule has 0 amide bonds. The van der Waals surface area contributed by atoms with Gasteiger partial charge in [0.2, 0.25) is 0 Å². The number of likely N-dealkylation sites (N-methyl/N-ethyl adjacent to an activating group) is 1. The van der Waals surface area contributed by atoms with Gasteiger partial charge in [-0.3, -0.25) is 9.80 Å². The largest absolute Gasteiger partial charge is 0.314 e. The molecule has 0 spiro atoms. The van der Waals surface area contributed by atoms with Gasteiger partial charge >= 0.3 is 0 Å². The van der Waals surface area contributed by atoms with E-state index in [1.54, 1.807) is 0 Å². The predicted molar refractivity (Wildman–Crippen MR) is 70.3 cm³/mol. The molecule has 0 aromatic heterocycles. The zero-order chi connectivity index (χ0) is 11.7. The summed E-state index contributed by atoms with van der Waals surface area (Å²) >= 11 is 0. The summed E-state index contributed by atoms with van der Waals surface area (Å²) in [6.45, 7) is 10.1. The van der Waals surface area contributed by atoms with E-state index in [1.807, 2.05) is 0 Å². The molecule has 0 aromatic carbocycles. The van der Waals surface area contributed by atoms with E-state index in [4.69, 9.17) is 0 Å². The van der Waals surface area contributed by atoms with Crippen molar-refractivity contribution >= 4 is 0 Å². The third kappa shape index (κ3) is 2.65. The fraction of sp³-hybridized carbons (Fsp3) is 1.00. The van der Waals surface area contributed by atoms with Crippen LogP contribution in [-0.4, -0.2) is 86.2 Å². The van der Waals surface area contributed by atoms with Crippen molar-refractivity contribution in [2.45, 2.75) is 24.9 Å². The molecule has 0 radical (unpaired) electrons. The Bertz CT molecular complexity index is 246. The maximum Gasteiger partial charge on any atom is 0.0346 e. The number of hydrogen-bond acceptors (Lipinski definition) is 4. The van der Waals surface area contributed by atoms with E-state index < -0.39 is 0 Å². The zero-order valence-electron chi connectivity index (χ0n) is 11.1. The molecule has 1 atom stereocenters. The third-order valence-electron chi connectivity index (χ3n) is 4.74. The summed E-state index contributed by atoms with van der Waals surface area (Å²) in [5.41, 5.74) is 0. The SMILES string of the molecule is CN1CCCC(N2CCN(C3CNC3)CC2)C1. The normalized spacial score (nSPS) is 34.8. The molecule has 3 aliphatic heterocycles. The lowest BCUT2D eigenvalue weighted by Gasteiger charge is -2.46. The van der Waals surface area contributed by atoms with E-state index in [0.717, 1.165) is 12.1 Å². The predicted octanol–water partition coefficient (Wildman–Crippen LogP) is -0.330. The highest BCUT2D eigenvalue weighted by Crippen LogP contribution is 2.18. The maximum atomic E-state index is 3.38. The van der Waals surface area contributed by atoms with Crippen LogP contribution in [0.5, 0.6) is 0 Å². The van der Waals surface area contributed by atoms with Gasteiger partial charge in [0, 0.05) is 57.9 Å². The first-order valence-electron chi connectivity index (χ1n) is 7.20.